The Kier molecular flexibility index (Phi) is 6.10. The number of hydrogen-bond donors (Lipinski definition) is 2. The number of phenolic OH excluding ortho intramolecular Hbond substituents is 1. The number of ether oxygens (including phenoxy) is 1. The highest BCUT2D eigenvalue weighted by molar-refractivity contribution is 6.32. The first kappa shape index (κ1) is 16.2. The van der Waals surface area contributed by atoms with E-state index in [0.717, 1.165) is 12.8 Å². The summed E-state index contributed by atoms with van der Waals surface area (Å²) in [5.41, 5.74) is 0.664. The lowest BCUT2D eigenvalue weighted by Gasteiger charge is -2.08. The lowest BCUT2D eigenvalue weighted by Crippen LogP contribution is -2.24. The Morgan fingerprint density at radius 3 is 2.64 bits per heavy atom. The fourth-order valence-electron chi connectivity index (χ4n) is 1.89. The van der Waals surface area contributed by atoms with E-state index >= 15 is 0 Å². The molecule has 0 atom stereocenters. The largest absolute Gasteiger partial charge is 0.506 e. The second-order valence-corrected chi connectivity index (χ2v) is 5.20. The SMILES string of the molecule is O=C(NCCCCOc1ccc(O)c(Cl)c1)c1ccccc1. The average molecular weight is 320 g/mol. The number of carbonyl (C=O) groups excluding carboxylic acids is 1. The van der Waals surface area contributed by atoms with Gasteiger partial charge in [-0.15, -0.1) is 0 Å². The zero-order valence-corrected chi connectivity index (χ0v) is 12.8. The van der Waals surface area contributed by atoms with Crippen molar-refractivity contribution in [1.29, 1.82) is 0 Å². The van der Waals surface area contributed by atoms with Crippen LogP contribution < -0.4 is 10.1 Å². The fraction of sp³-hybridized carbons (Fsp3) is 0.235. The van der Waals surface area contributed by atoms with Crippen LogP contribution in [0.25, 0.3) is 0 Å². The zero-order valence-electron chi connectivity index (χ0n) is 12.1. The van der Waals surface area contributed by atoms with Crippen LogP contribution in [-0.2, 0) is 0 Å². The van der Waals surface area contributed by atoms with Crippen LogP contribution in [0.15, 0.2) is 48.5 Å². The molecule has 2 aromatic rings. The molecule has 2 rings (SSSR count). The Labute approximate surface area is 134 Å². The lowest BCUT2D eigenvalue weighted by atomic mass is 10.2. The summed E-state index contributed by atoms with van der Waals surface area (Å²) in [6.45, 7) is 1.13. The highest BCUT2D eigenvalue weighted by atomic mass is 35.5. The van der Waals surface area contributed by atoms with E-state index in [0.29, 0.717) is 24.5 Å². The first-order valence-corrected chi connectivity index (χ1v) is 7.49. The number of halogens is 1. The number of nitrogens with one attached hydrogen (secondary N) is 1. The summed E-state index contributed by atoms with van der Waals surface area (Å²) >= 11 is 5.79. The Morgan fingerprint density at radius 2 is 1.91 bits per heavy atom. The Morgan fingerprint density at radius 1 is 1.14 bits per heavy atom. The van der Waals surface area contributed by atoms with Crippen LogP contribution in [-0.4, -0.2) is 24.2 Å². The number of benzene rings is 2. The van der Waals surface area contributed by atoms with Crippen molar-refractivity contribution in [3.63, 3.8) is 0 Å². The Balaban J connectivity index is 1.61. The molecule has 22 heavy (non-hydrogen) atoms. The molecule has 2 aromatic carbocycles. The highest BCUT2D eigenvalue weighted by Crippen LogP contribution is 2.27. The van der Waals surface area contributed by atoms with Gasteiger partial charge in [0.1, 0.15) is 11.5 Å². The molecule has 0 radical (unpaired) electrons. The molecule has 4 nitrogen and oxygen atoms in total. The van der Waals surface area contributed by atoms with E-state index in [1.807, 2.05) is 18.2 Å². The average Bonchev–Trinajstić information content (AvgIpc) is 2.54. The topological polar surface area (TPSA) is 58.6 Å². The molecule has 0 fully saturated rings. The van der Waals surface area contributed by atoms with Gasteiger partial charge in [0.25, 0.3) is 5.91 Å². The molecule has 0 saturated carbocycles. The normalized spacial score (nSPS) is 10.2. The van der Waals surface area contributed by atoms with Crippen molar-refractivity contribution in [2.45, 2.75) is 12.8 Å². The second kappa shape index (κ2) is 8.29. The van der Waals surface area contributed by atoms with Gasteiger partial charge < -0.3 is 15.2 Å². The van der Waals surface area contributed by atoms with Gasteiger partial charge in [-0.1, -0.05) is 29.8 Å². The van der Waals surface area contributed by atoms with E-state index in [1.54, 1.807) is 24.3 Å². The zero-order chi connectivity index (χ0) is 15.8. The Bertz CT molecular complexity index is 617. The summed E-state index contributed by atoms with van der Waals surface area (Å²) < 4.78 is 5.53. The molecule has 116 valence electrons. The maximum atomic E-state index is 11.8. The van der Waals surface area contributed by atoms with Gasteiger partial charge in [0, 0.05) is 18.2 Å². The van der Waals surface area contributed by atoms with Gasteiger partial charge in [-0.05, 0) is 37.1 Å². The van der Waals surface area contributed by atoms with Gasteiger partial charge in [-0.2, -0.15) is 0 Å². The molecule has 0 saturated heterocycles. The molecule has 0 aliphatic carbocycles. The van der Waals surface area contributed by atoms with E-state index in [1.165, 1.54) is 6.07 Å². The molecule has 5 heteroatoms. The van der Waals surface area contributed by atoms with Crippen molar-refractivity contribution in [1.82, 2.24) is 5.32 Å². The quantitative estimate of drug-likeness (QED) is 0.766. The van der Waals surface area contributed by atoms with E-state index in [-0.39, 0.29) is 16.7 Å². The Hall–Kier alpha value is -2.20. The van der Waals surface area contributed by atoms with Crippen molar-refractivity contribution < 1.29 is 14.6 Å². The lowest BCUT2D eigenvalue weighted by molar-refractivity contribution is 0.0952. The van der Waals surface area contributed by atoms with E-state index in [9.17, 15) is 9.90 Å². The van der Waals surface area contributed by atoms with Crippen molar-refractivity contribution in [2.75, 3.05) is 13.2 Å². The van der Waals surface area contributed by atoms with Crippen LogP contribution in [0.5, 0.6) is 11.5 Å². The highest BCUT2D eigenvalue weighted by Gasteiger charge is 2.03. The maximum Gasteiger partial charge on any atom is 0.251 e. The number of carbonyl (C=O) groups is 1. The summed E-state index contributed by atoms with van der Waals surface area (Å²) in [7, 11) is 0. The molecular formula is C17H18ClNO3. The summed E-state index contributed by atoms with van der Waals surface area (Å²) in [6.07, 6.45) is 1.64. The molecule has 0 heterocycles. The predicted molar refractivity (Wildman–Crippen MR) is 86.6 cm³/mol. The minimum atomic E-state index is -0.0631. The number of aromatic hydroxyl groups is 1. The van der Waals surface area contributed by atoms with Gasteiger partial charge in [0.2, 0.25) is 0 Å². The summed E-state index contributed by atoms with van der Waals surface area (Å²) in [6, 6.07) is 13.9. The van der Waals surface area contributed by atoms with Crippen LogP contribution in [0, 0.1) is 0 Å². The van der Waals surface area contributed by atoms with Crippen molar-refractivity contribution in [3.8, 4) is 11.5 Å². The monoisotopic (exact) mass is 319 g/mol. The van der Waals surface area contributed by atoms with Crippen molar-refractivity contribution in [3.05, 3.63) is 59.1 Å². The minimum absolute atomic E-state index is 0.0395. The number of amides is 1. The van der Waals surface area contributed by atoms with E-state index in [2.05, 4.69) is 5.32 Å². The molecule has 0 unspecified atom stereocenters. The minimum Gasteiger partial charge on any atom is -0.506 e. The smallest absolute Gasteiger partial charge is 0.251 e. The standard InChI is InChI=1S/C17H18ClNO3/c18-15-12-14(8-9-16(15)20)22-11-5-4-10-19-17(21)13-6-2-1-3-7-13/h1-3,6-9,12,20H,4-5,10-11H2,(H,19,21). The van der Waals surface area contributed by atoms with E-state index in [4.69, 9.17) is 16.3 Å². The van der Waals surface area contributed by atoms with Crippen LogP contribution in [0.1, 0.15) is 23.2 Å². The number of rotatable bonds is 7. The van der Waals surface area contributed by atoms with Gasteiger partial charge in [0.15, 0.2) is 0 Å². The third kappa shape index (κ3) is 4.97. The second-order valence-electron chi connectivity index (χ2n) is 4.79. The van der Waals surface area contributed by atoms with Gasteiger partial charge in [0.05, 0.1) is 11.6 Å². The van der Waals surface area contributed by atoms with Crippen LogP contribution in [0.4, 0.5) is 0 Å². The number of hydrogen-bond acceptors (Lipinski definition) is 3. The first-order chi connectivity index (χ1) is 10.7. The van der Waals surface area contributed by atoms with Gasteiger partial charge in [-0.25, -0.2) is 0 Å². The summed E-state index contributed by atoms with van der Waals surface area (Å²) in [4.78, 5) is 11.8. The van der Waals surface area contributed by atoms with Crippen molar-refractivity contribution >= 4 is 17.5 Å². The van der Waals surface area contributed by atoms with Crippen LogP contribution in [0.3, 0.4) is 0 Å². The molecule has 0 aliphatic heterocycles. The third-order valence-corrected chi connectivity index (χ3v) is 3.38. The molecule has 0 aliphatic rings. The van der Waals surface area contributed by atoms with Crippen molar-refractivity contribution in [2.24, 2.45) is 0 Å². The van der Waals surface area contributed by atoms with Crippen LogP contribution in [0.2, 0.25) is 5.02 Å². The third-order valence-electron chi connectivity index (χ3n) is 3.08. The molecular weight excluding hydrogens is 302 g/mol. The first-order valence-electron chi connectivity index (χ1n) is 7.11. The van der Waals surface area contributed by atoms with Gasteiger partial charge in [-0.3, -0.25) is 4.79 Å². The number of phenols is 1. The molecule has 1 amide bonds. The fourth-order valence-corrected chi connectivity index (χ4v) is 2.06. The van der Waals surface area contributed by atoms with Gasteiger partial charge >= 0.3 is 0 Å². The molecule has 0 aromatic heterocycles. The van der Waals surface area contributed by atoms with Crippen LogP contribution >= 0.6 is 11.6 Å². The van der Waals surface area contributed by atoms with E-state index < -0.39 is 0 Å². The molecule has 0 bridgehead atoms. The summed E-state index contributed by atoms with van der Waals surface area (Å²) in [5.74, 6) is 0.598. The number of unbranched alkanes of at least 4 members (excludes halogenated alkanes) is 1. The summed E-state index contributed by atoms with van der Waals surface area (Å²) in [5, 5.41) is 12.4. The predicted octanol–water partition coefficient (Wildman–Crippen LogP) is 3.63. The maximum absolute atomic E-state index is 11.8. The molecule has 0 spiro atoms. The molecule has 2 N–H and O–H groups in total.